The first-order valence-electron chi connectivity index (χ1n) is 5.88. The first-order valence-corrected chi connectivity index (χ1v) is 5.88. The van der Waals surface area contributed by atoms with Crippen LogP contribution in [0.1, 0.15) is 17.1 Å². The van der Waals surface area contributed by atoms with Gasteiger partial charge < -0.3 is 5.32 Å². The van der Waals surface area contributed by atoms with E-state index in [0.717, 1.165) is 30.9 Å². The van der Waals surface area contributed by atoms with Gasteiger partial charge >= 0.3 is 0 Å². The molecule has 0 radical (unpaired) electrons. The van der Waals surface area contributed by atoms with Crippen LogP contribution in [0.25, 0.3) is 0 Å². The van der Waals surface area contributed by atoms with Crippen LogP contribution in [0.5, 0.6) is 0 Å². The summed E-state index contributed by atoms with van der Waals surface area (Å²) in [4.78, 5) is 8.80. The van der Waals surface area contributed by atoms with Crippen molar-refractivity contribution in [1.29, 1.82) is 0 Å². The van der Waals surface area contributed by atoms with Gasteiger partial charge in [-0.15, -0.1) is 0 Å². The Hall–Kier alpha value is -1.74. The largest absolute Gasteiger partial charge is 0.314 e. The highest BCUT2D eigenvalue weighted by Crippen LogP contribution is 2.04. The Morgan fingerprint density at radius 1 is 1.06 bits per heavy atom. The Kier molecular flexibility index (Phi) is 4.22. The van der Waals surface area contributed by atoms with Crippen LogP contribution >= 0.6 is 0 Å². The van der Waals surface area contributed by atoms with Gasteiger partial charge in [-0.1, -0.05) is 30.3 Å². The molecule has 0 aliphatic heterocycles. The van der Waals surface area contributed by atoms with E-state index in [9.17, 15) is 0 Å². The van der Waals surface area contributed by atoms with Gasteiger partial charge in [0.05, 0.1) is 5.69 Å². The van der Waals surface area contributed by atoms with Crippen LogP contribution in [-0.4, -0.2) is 17.0 Å². The van der Waals surface area contributed by atoms with Crippen LogP contribution in [0.4, 0.5) is 0 Å². The molecule has 1 aromatic carbocycles. The van der Waals surface area contributed by atoms with Crippen LogP contribution in [-0.2, 0) is 19.4 Å². The standard InChI is InChI=1S/C14H17N3/c1-15-11-13-9-10-16-14(17-13)8-7-12-5-3-2-4-6-12/h2-6,9-10,15H,7-8,11H2,1H3. The van der Waals surface area contributed by atoms with Crippen LogP contribution < -0.4 is 5.32 Å². The van der Waals surface area contributed by atoms with E-state index in [0.29, 0.717) is 0 Å². The SMILES string of the molecule is CNCc1ccnc(CCc2ccccc2)n1. The van der Waals surface area contributed by atoms with Crippen LogP contribution in [0.3, 0.4) is 0 Å². The lowest BCUT2D eigenvalue weighted by atomic mass is 10.1. The highest BCUT2D eigenvalue weighted by atomic mass is 14.9. The predicted octanol–water partition coefficient (Wildman–Crippen LogP) is 1.98. The molecule has 0 saturated carbocycles. The summed E-state index contributed by atoms with van der Waals surface area (Å²) < 4.78 is 0. The maximum atomic E-state index is 4.50. The minimum atomic E-state index is 0.793. The average Bonchev–Trinajstić information content (AvgIpc) is 2.39. The van der Waals surface area contributed by atoms with Gasteiger partial charge in [-0.25, -0.2) is 9.97 Å². The molecule has 1 N–H and O–H groups in total. The first kappa shape index (κ1) is 11.7. The van der Waals surface area contributed by atoms with Crippen molar-refractivity contribution in [2.45, 2.75) is 19.4 Å². The second-order valence-corrected chi connectivity index (χ2v) is 3.98. The lowest BCUT2D eigenvalue weighted by Gasteiger charge is -2.03. The smallest absolute Gasteiger partial charge is 0.128 e. The molecular weight excluding hydrogens is 210 g/mol. The normalized spacial score (nSPS) is 10.4. The van der Waals surface area contributed by atoms with E-state index in [1.165, 1.54) is 5.56 Å². The fraction of sp³-hybridized carbons (Fsp3) is 0.286. The van der Waals surface area contributed by atoms with Crippen molar-refractivity contribution < 1.29 is 0 Å². The van der Waals surface area contributed by atoms with Crippen molar-refractivity contribution in [2.75, 3.05) is 7.05 Å². The summed E-state index contributed by atoms with van der Waals surface area (Å²) in [5.41, 5.74) is 2.38. The molecule has 0 aliphatic carbocycles. The van der Waals surface area contributed by atoms with E-state index in [4.69, 9.17) is 0 Å². The second kappa shape index (κ2) is 6.11. The van der Waals surface area contributed by atoms with Crippen LogP contribution in [0, 0.1) is 0 Å². The molecule has 2 aromatic rings. The average molecular weight is 227 g/mol. The van der Waals surface area contributed by atoms with Crippen molar-refractivity contribution in [2.24, 2.45) is 0 Å². The van der Waals surface area contributed by atoms with E-state index >= 15 is 0 Å². The van der Waals surface area contributed by atoms with Gasteiger partial charge in [-0.05, 0) is 25.1 Å². The molecule has 3 nitrogen and oxygen atoms in total. The highest BCUT2D eigenvalue weighted by Gasteiger charge is 1.99. The third-order valence-electron chi connectivity index (χ3n) is 2.60. The zero-order chi connectivity index (χ0) is 11.9. The Labute approximate surface area is 102 Å². The fourth-order valence-electron chi connectivity index (χ4n) is 1.74. The molecule has 2 rings (SSSR count). The van der Waals surface area contributed by atoms with Crippen LogP contribution in [0.15, 0.2) is 42.6 Å². The van der Waals surface area contributed by atoms with Crippen molar-refractivity contribution >= 4 is 0 Å². The molecule has 1 heterocycles. The van der Waals surface area contributed by atoms with Crippen molar-refractivity contribution in [3.63, 3.8) is 0 Å². The molecule has 0 fully saturated rings. The van der Waals surface area contributed by atoms with E-state index in [1.807, 2.05) is 25.4 Å². The zero-order valence-electron chi connectivity index (χ0n) is 10.1. The van der Waals surface area contributed by atoms with Gasteiger partial charge in [-0.3, -0.25) is 0 Å². The second-order valence-electron chi connectivity index (χ2n) is 3.98. The first-order chi connectivity index (χ1) is 8.38. The number of nitrogens with zero attached hydrogens (tertiary/aromatic N) is 2. The summed E-state index contributed by atoms with van der Waals surface area (Å²) in [5.74, 6) is 0.918. The lowest BCUT2D eigenvalue weighted by molar-refractivity contribution is 0.759. The summed E-state index contributed by atoms with van der Waals surface area (Å²) in [7, 11) is 1.92. The third kappa shape index (κ3) is 3.64. The van der Waals surface area contributed by atoms with Crippen molar-refractivity contribution in [3.8, 4) is 0 Å². The summed E-state index contributed by atoms with van der Waals surface area (Å²) in [6.07, 6.45) is 3.71. The minimum Gasteiger partial charge on any atom is -0.314 e. The summed E-state index contributed by atoms with van der Waals surface area (Å²) in [6.45, 7) is 0.793. The van der Waals surface area contributed by atoms with Crippen molar-refractivity contribution in [3.05, 3.63) is 59.7 Å². The molecule has 17 heavy (non-hydrogen) atoms. The molecule has 0 saturated heterocycles. The van der Waals surface area contributed by atoms with Crippen LogP contribution in [0.2, 0.25) is 0 Å². The monoisotopic (exact) mass is 227 g/mol. The molecule has 0 unspecified atom stereocenters. The molecular formula is C14H17N3. The van der Waals surface area contributed by atoms with Gasteiger partial charge in [0.2, 0.25) is 0 Å². The summed E-state index contributed by atoms with van der Waals surface area (Å²) in [6, 6.07) is 12.4. The topological polar surface area (TPSA) is 37.8 Å². The molecule has 1 aromatic heterocycles. The van der Waals surface area contributed by atoms with Gasteiger partial charge in [0.1, 0.15) is 5.82 Å². The van der Waals surface area contributed by atoms with Crippen molar-refractivity contribution in [1.82, 2.24) is 15.3 Å². The fourth-order valence-corrected chi connectivity index (χ4v) is 1.74. The van der Waals surface area contributed by atoms with E-state index in [-0.39, 0.29) is 0 Å². The molecule has 0 spiro atoms. The zero-order valence-corrected chi connectivity index (χ0v) is 10.1. The highest BCUT2D eigenvalue weighted by molar-refractivity contribution is 5.15. The Morgan fingerprint density at radius 3 is 2.65 bits per heavy atom. The minimum absolute atomic E-state index is 0.793. The molecule has 0 aliphatic rings. The number of rotatable bonds is 5. The number of nitrogens with one attached hydrogen (secondary N) is 1. The van der Waals surface area contributed by atoms with Gasteiger partial charge in [-0.2, -0.15) is 0 Å². The maximum absolute atomic E-state index is 4.50. The maximum Gasteiger partial charge on any atom is 0.128 e. The number of aromatic nitrogens is 2. The van der Waals surface area contributed by atoms with E-state index < -0.39 is 0 Å². The Balaban J connectivity index is 1.97. The number of benzene rings is 1. The van der Waals surface area contributed by atoms with Gasteiger partial charge in [0.15, 0.2) is 0 Å². The van der Waals surface area contributed by atoms with E-state index in [1.54, 1.807) is 0 Å². The molecule has 88 valence electrons. The molecule has 3 heteroatoms. The Morgan fingerprint density at radius 2 is 1.88 bits per heavy atom. The quantitative estimate of drug-likeness (QED) is 0.848. The number of hydrogen-bond acceptors (Lipinski definition) is 3. The molecule has 0 atom stereocenters. The predicted molar refractivity (Wildman–Crippen MR) is 68.6 cm³/mol. The Bertz CT molecular complexity index is 454. The third-order valence-corrected chi connectivity index (χ3v) is 2.60. The summed E-state index contributed by atoms with van der Waals surface area (Å²) >= 11 is 0. The number of hydrogen-bond donors (Lipinski definition) is 1. The molecule has 0 bridgehead atoms. The van der Waals surface area contributed by atoms with Gasteiger partial charge in [0.25, 0.3) is 0 Å². The number of aryl methyl sites for hydroxylation is 2. The van der Waals surface area contributed by atoms with Gasteiger partial charge in [0, 0.05) is 19.2 Å². The summed E-state index contributed by atoms with van der Waals surface area (Å²) in [5, 5.41) is 3.09. The molecule has 0 amide bonds. The lowest BCUT2D eigenvalue weighted by Crippen LogP contribution is -2.09. The van der Waals surface area contributed by atoms with E-state index in [2.05, 4.69) is 39.6 Å².